The molecule has 0 bridgehead atoms. The molecule has 0 fully saturated rings. The zero-order chi connectivity index (χ0) is 8.97. The fourth-order valence-corrected chi connectivity index (χ4v) is 2.12. The van der Waals surface area contributed by atoms with Crippen molar-refractivity contribution in [1.82, 2.24) is 14.6 Å². The summed E-state index contributed by atoms with van der Waals surface area (Å²) in [5.41, 5.74) is 0. The van der Waals surface area contributed by atoms with Crippen LogP contribution in [0.1, 0.15) is 0 Å². The van der Waals surface area contributed by atoms with Crippen molar-refractivity contribution < 1.29 is 4.79 Å². The maximum atomic E-state index is 11.0. The van der Waals surface area contributed by atoms with Crippen molar-refractivity contribution in [3.05, 3.63) is 11.6 Å². The average molecular weight is 203 g/mol. The Labute approximate surface area is 79.1 Å². The number of rotatable bonds is 2. The lowest BCUT2D eigenvalue weighted by atomic mass is 11.0. The fraction of sp³-hybridized carbons (Fsp3) is 0.333. The number of amides is 2. The average Bonchev–Trinajstić information content (AvgIpc) is 2.55. The van der Waals surface area contributed by atoms with Crippen LogP contribution in [0, 0.1) is 0 Å². The number of hydrogen-bond acceptors (Lipinski definition) is 4. The Hall–Kier alpha value is -0.750. The van der Waals surface area contributed by atoms with Gasteiger partial charge in [-0.2, -0.15) is 0 Å². The molecule has 0 unspecified atom stereocenters. The normalized spacial score (nSPS) is 9.50. The van der Waals surface area contributed by atoms with Gasteiger partial charge in [0.05, 0.1) is 0 Å². The number of carbonyl (C=O) groups is 1. The highest BCUT2D eigenvalue weighted by Crippen LogP contribution is 2.22. The second kappa shape index (κ2) is 4.32. The van der Waals surface area contributed by atoms with Crippen LogP contribution in [0.4, 0.5) is 4.79 Å². The van der Waals surface area contributed by atoms with Crippen LogP contribution in [-0.2, 0) is 0 Å². The summed E-state index contributed by atoms with van der Waals surface area (Å²) in [5, 5.41) is 4.40. The molecule has 2 amide bonds. The summed E-state index contributed by atoms with van der Waals surface area (Å²) in [7, 11) is 3.30. The van der Waals surface area contributed by atoms with E-state index in [9.17, 15) is 4.79 Å². The summed E-state index contributed by atoms with van der Waals surface area (Å²) in [6, 6.07) is -0.129. The largest absolute Gasteiger partial charge is 0.340 e. The van der Waals surface area contributed by atoms with Crippen molar-refractivity contribution in [2.24, 2.45) is 0 Å². The molecule has 0 spiro atoms. The minimum Gasteiger partial charge on any atom is -0.340 e. The van der Waals surface area contributed by atoms with E-state index in [-0.39, 0.29) is 6.03 Å². The highest BCUT2D eigenvalue weighted by atomic mass is 32.2. The van der Waals surface area contributed by atoms with E-state index in [1.165, 1.54) is 27.6 Å². The van der Waals surface area contributed by atoms with Crippen LogP contribution < -0.4 is 5.32 Å². The zero-order valence-electron chi connectivity index (χ0n) is 6.77. The first-order chi connectivity index (χ1) is 5.74. The Morgan fingerprint density at radius 3 is 3.08 bits per heavy atom. The minimum absolute atomic E-state index is 0.129. The monoisotopic (exact) mass is 203 g/mol. The lowest BCUT2D eigenvalue weighted by Crippen LogP contribution is -2.29. The van der Waals surface area contributed by atoms with Crippen molar-refractivity contribution in [2.75, 3.05) is 14.1 Å². The van der Waals surface area contributed by atoms with Crippen LogP contribution in [0.2, 0.25) is 0 Å². The third-order valence-corrected chi connectivity index (χ3v) is 2.90. The molecule has 4 nitrogen and oxygen atoms in total. The van der Waals surface area contributed by atoms with Gasteiger partial charge in [0.2, 0.25) is 0 Å². The zero-order valence-corrected chi connectivity index (χ0v) is 8.41. The quantitative estimate of drug-likeness (QED) is 0.739. The fourth-order valence-electron chi connectivity index (χ4n) is 0.571. The van der Waals surface area contributed by atoms with Crippen molar-refractivity contribution in [3.63, 3.8) is 0 Å². The summed E-state index contributed by atoms with van der Waals surface area (Å²) in [4.78, 5) is 15.0. The third kappa shape index (κ3) is 2.38. The number of carbonyl (C=O) groups excluding carboxylic acids is 1. The number of nitrogens with zero attached hydrogens (tertiary/aromatic N) is 2. The first-order valence-electron chi connectivity index (χ1n) is 3.27. The molecular weight excluding hydrogens is 194 g/mol. The summed E-state index contributed by atoms with van der Waals surface area (Å²) in [5.74, 6) is 0. The molecule has 66 valence electrons. The number of thiazole rings is 1. The lowest BCUT2D eigenvalue weighted by Gasteiger charge is -2.12. The molecule has 0 aliphatic heterocycles. The third-order valence-electron chi connectivity index (χ3n) is 1.12. The predicted octanol–water partition coefficient (Wildman–Crippen LogP) is 1.42. The van der Waals surface area contributed by atoms with E-state index in [1.807, 2.05) is 5.38 Å². The van der Waals surface area contributed by atoms with Crippen LogP contribution in [0.25, 0.3) is 0 Å². The van der Waals surface area contributed by atoms with Crippen LogP contribution >= 0.6 is 23.3 Å². The van der Waals surface area contributed by atoms with Gasteiger partial charge in [-0.3, -0.25) is 4.31 Å². The van der Waals surface area contributed by atoms with E-state index in [4.69, 9.17) is 0 Å². The molecular formula is C6H9N3OS2. The second-order valence-corrected chi connectivity index (χ2v) is 4.21. The molecule has 1 heterocycles. The molecule has 0 saturated carbocycles. The summed E-state index contributed by atoms with van der Waals surface area (Å²) in [6.45, 7) is 0. The Morgan fingerprint density at radius 2 is 2.58 bits per heavy atom. The highest BCUT2D eigenvalue weighted by molar-refractivity contribution is 7.99. The maximum absolute atomic E-state index is 11.0. The summed E-state index contributed by atoms with van der Waals surface area (Å²) in [6.07, 6.45) is 1.71. The van der Waals surface area contributed by atoms with E-state index in [0.29, 0.717) is 0 Å². The van der Waals surface area contributed by atoms with Gasteiger partial charge < -0.3 is 5.32 Å². The van der Waals surface area contributed by atoms with Crippen LogP contribution in [-0.4, -0.2) is 29.4 Å². The van der Waals surface area contributed by atoms with Gasteiger partial charge >= 0.3 is 6.03 Å². The van der Waals surface area contributed by atoms with Crippen LogP contribution in [0.15, 0.2) is 15.9 Å². The standard InChI is InChI=1S/C6H9N3OS2/c1-7-5(10)9(2)12-6-8-3-4-11-6/h3-4H,1-2H3,(H,7,10). The minimum atomic E-state index is -0.129. The number of nitrogens with one attached hydrogen (secondary N) is 1. The van der Waals surface area contributed by atoms with Gasteiger partial charge in [-0.05, 0) is 0 Å². The number of hydrogen-bond donors (Lipinski definition) is 1. The van der Waals surface area contributed by atoms with Gasteiger partial charge in [0.25, 0.3) is 0 Å². The molecule has 0 atom stereocenters. The van der Waals surface area contributed by atoms with Gasteiger partial charge in [-0.1, -0.05) is 0 Å². The van der Waals surface area contributed by atoms with Crippen LogP contribution in [0.5, 0.6) is 0 Å². The molecule has 12 heavy (non-hydrogen) atoms. The van der Waals surface area contributed by atoms with Gasteiger partial charge in [-0.15, -0.1) is 11.3 Å². The van der Waals surface area contributed by atoms with Gasteiger partial charge in [0.15, 0.2) is 4.34 Å². The van der Waals surface area contributed by atoms with Crippen molar-refractivity contribution in [1.29, 1.82) is 0 Å². The molecule has 6 heteroatoms. The smallest absolute Gasteiger partial charge is 0.327 e. The first-order valence-corrected chi connectivity index (χ1v) is 4.92. The molecule has 0 saturated heterocycles. The van der Waals surface area contributed by atoms with E-state index < -0.39 is 0 Å². The molecule has 1 rings (SSSR count). The summed E-state index contributed by atoms with van der Waals surface area (Å²) < 4.78 is 2.36. The van der Waals surface area contributed by atoms with E-state index in [0.717, 1.165) is 4.34 Å². The Bertz CT molecular complexity index is 249. The van der Waals surface area contributed by atoms with Gasteiger partial charge in [0.1, 0.15) is 0 Å². The second-order valence-electron chi connectivity index (χ2n) is 1.94. The van der Waals surface area contributed by atoms with Gasteiger partial charge in [-0.25, -0.2) is 9.78 Å². The van der Waals surface area contributed by atoms with Gasteiger partial charge in [0, 0.05) is 37.6 Å². The Kier molecular flexibility index (Phi) is 3.36. The van der Waals surface area contributed by atoms with E-state index in [1.54, 1.807) is 20.3 Å². The Morgan fingerprint density at radius 1 is 1.83 bits per heavy atom. The van der Waals surface area contributed by atoms with Crippen molar-refractivity contribution >= 4 is 29.3 Å². The lowest BCUT2D eigenvalue weighted by molar-refractivity contribution is 0.233. The Balaban J connectivity index is 2.47. The van der Waals surface area contributed by atoms with Crippen molar-refractivity contribution in [2.45, 2.75) is 4.34 Å². The van der Waals surface area contributed by atoms with E-state index in [2.05, 4.69) is 10.3 Å². The van der Waals surface area contributed by atoms with Crippen LogP contribution in [0.3, 0.4) is 0 Å². The first kappa shape index (κ1) is 9.34. The molecule has 0 radical (unpaired) electrons. The topological polar surface area (TPSA) is 45.2 Å². The molecule has 1 aromatic heterocycles. The SMILES string of the molecule is CNC(=O)N(C)Sc1nccs1. The number of urea groups is 1. The number of aromatic nitrogens is 1. The highest BCUT2D eigenvalue weighted by Gasteiger charge is 2.08. The van der Waals surface area contributed by atoms with Crippen molar-refractivity contribution in [3.8, 4) is 0 Å². The molecule has 1 N–H and O–H groups in total. The molecule has 0 aliphatic carbocycles. The van der Waals surface area contributed by atoms with E-state index >= 15 is 0 Å². The molecule has 0 aromatic carbocycles. The molecule has 0 aliphatic rings. The predicted molar refractivity (Wildman–Crippen MR) is 50.2 cm³/mol. The summed E-state index contributed by atoms with van der Waals surface area (Å²) >= 11 is 2.82. The maximum Gasteiger partial charge on any atom is 0.327 e. The molecule has 1 aromatic rings.